The number of halogens is 1. The average Bonchev–Trinajstić information content (AvgIpc) is 2.49. The van der Waals surface area contributed by atoms with E-state index in [1.165, 1.54) is 0 Å². The highest BCUT2D eigenvalue weighted by Crippen LogP contribution is 2.08. The second-order valence-corrected chi connectivity index (χ2v) is 3.71. The number of nitrogens with one attached hydrogen (secondary N) is 1. The number of hydrogen-bond donors (Lipinski definition) is 2. The first-order valence-corrected chi connectivity index (χ1v) is 4.61. The highest BCUT2D eigenvalue weighted by atomic mass is 79.9. The number of nitrogens with two attached hydrogens (primary N) is 1. The van der Waals surface area contributed by atoms with Gasteiger partial charge in [-0.3, -0.25) is 14.9 Å². The second-order valence-electron chi connectivity index (χ2n) is 2.79. The van der Waals surface area contributed by atoms with Crippen LogP contribution < -0.4 is 11.3 Å². The van der Waals surface area contributed by atoms with Crippen molar-refractivity contribution in [3.05, 3.63) is 16.9 Å². The summed E-state index contributed by atoms with van der Waals surface area (Å²) in [4.78, 5) is 11.0. The van der Waals surface area contributed by atoms with Crippen LogP contribution in [0.25, 0.3) is 0 Å². The van der Waals surface area contributed by atoms with E-state index in [0.29, 0.717) is 6.54 Å². The standard InChI is InChI=1S/C7H11BrN4O/c1-5(7(13)11-9)3-12-4-6(8)2-10-12/h2,4-5H,3,9H2,1H3,(H,11,13)/t5-/m0/s1. The summed E-state index contributed by atoms with van der Waals surface area (Å²) in [5.41, 5.74) is 2.10. The zero-order valence-corrected chi connectivity index (χ0v) is 8.78. The van der Waals surface area contributed by atoms with Gasteiger partial charge in [-0.05, 0) is 15.9 Å². The molecule has 3 N–H and O–H groups in total. The largest absolute Gasteiger partial charge is 0.294 e. The van der Waals surface area contributed by atoms with Gasteiger partial charge in [0.05, 0.1) is 23.1 Å². The van der Waals surface area contributed by atoms with Gasteiger partial charge < -0.3 is 0 Å². The zero-order valence-electron chi connectivity index (χ0n) is 7.20. The van der Waals surface area contributed by atoms with Gasteiger partial charge in [-0.25, -0.2) is 5.84 Å². The maximum atomic E-state index is 11.0. The molecule has 1 aromatic heterocycles. The number of amides is 1. The molecule has 0 aromatic carbocycles. The van der Waals surface area contributed by atoms with Crippen LogP contribution in [0.3, 0.4) is 0 Å². The van der Waals surface area contributed by atoms with Gasteiger partial charge in [0.1, 0.15) is 0 Å². The predicted molar refractivity (Wildman–Crippen MR) is 51.4 cm³/mol. The van der Waals surface area contributed by atoms with Crippen molar-refractivity contribution in [2.24, 2.45) is 11.8 Å². The Morgan fingerprint density at radius 3 is 3.08 bits per heavy atom. The Kier molecular flexibility index (Phi) is 3.44. The van der Waals surface area contributed by atoms with Crippen molar-refractivity contribution in [2.75, 3.05) is 0 Å². The van der Waals surface area contributed by atoms with E-state index in [2.05, 4.69) is 26.5 Å². The molecule has 0 bridgehead atoms. The van der Waals surface area contributed by atoms with Crippen LogP contribution in [0.5, 0.6) is 0 Å². The number of aromatic nitrogens is 2. The zero-order chi connectivity index (χ0) is 9.84. The molecule has 72 valence electrons. The van der Waals surface area contributed by atoms with Crippen LogP contribution in [0.4, 0.5) is 0 Å². The summed E-state index contributed by atoms with van der Waals surface area (Å²) < 4.78 is 2.58. The smallest absolute Gasteiger partial charge is 0.238 e. The lowest BCUT2D eigenvalue weighted by molar-refractivity contribution is -0.125. The van der Waals surface area contributed by atoms with Gasteiger partial charge in [-0.2, -0.15) is 5.10 Å². The molecule has 6 heteroatoms. The van der Waals surface area contributed by atoms with Gasteiger partial charge >= 0.3 is 0 Å². The third-order valence-electron chi connectivity index (χ3n) is 1.65. The molecule has 0 aliphatic rings. The highest BCUT2D eigenvalue weighted by molar-refractivity contribution is 9.10. The summed E-state index contributed by atoms with van der Waals surface area (Å²) in [5, 5.41) is 4.02. The fourth-order valence-corrected chi connectivity index (χ4v) is 1.27. The van der Waals surface area contributed by atoms with Crippen LogP contribution in [0.1, 0.15) is 6.92 Å². The van der Waals surface area contributed by atoms with E-state index >= 15 is 0 Å². The van der Waals surface area contributed by atoms with Crippen molar-refractivity contribution in [2.45, 2.75) is 13.5 Å². The molecule has 0 saturated heterocycles. The molecule has 0 unspecified atom stereocenters. The van der Waals surface area contributed by atoms with E-state index in [1.54, 1.807) is 24.0 Å². The Morgan fingerprint density at radius 1 is 1.92 bits per heavy atom. The predicted octanol–water partition coefficient (Wildman–Crippen LogP) is 0.272. The Labute approximate surface area is 84.4 Å². The van der Waals surface area contributed by atoms with Crippen molar-refractivity contribution < 1.29 is 4.79 Å². The SMILES string of the molecule is C[C@@H](Cn1cc(Br)cn1)C(=O)NN. The fraction of sp³-hybridized carbons (Fsp3) is 0.429. The fourth-order valence-electron chi connectivity index (χ4n) is 0.944. The minimum atomic E-state index is -0.188. The topological polar surface area (TPSA) is 72.9 Å². The summed E-state index contributed by atoms with van der Waals surface area (Å²) in [7, 11) is 0. The van der Waals surface area contributed by atoms with Crippen molar-refractivity contribution in [3.63, 3.8) is 0 Å². The summed E-state index contributed by atoms with van der Waals surface area (Å²) >= 11 is 3.27. The van der Waals surface area contributed by atoms with Crippen molar-refractivity contribution in [1.82, 2.24) is 15.2 Å². The molecule has 1 aromatic rings. The van der Waals surface area contributed by atoms with E-state index in [4.69, 9.17) is 5.84 Å². The Hall–Kier alpha value is -0.880. The van der Waals surface area contributed by atoms with Crippen molar-refractivity contribution >= 4 is 21.8 Å². The molecule has 1 rings (SSSR count). The van der Waals surface area contributed by atoms with Gasteiger partial charge in [0.25, 0.3) is 0 Å². The highest BCUT2D eigenvalue weighted by Gasteiger charge is 2.11. The summed E-state index contributed by atoms with van der Waals surface area (Å²) in [6.45, 7) is 2.31. The van der Waals surface area contributed by atoms with Crippen molar-refractivity contribution in [3.8, 4) is 0 Å². The third kappa shape index (κ3) is 2.82. The molecule has 5 nitrogen and oxygen atoms in total. The summed E-state index contributed by atoms with van der Waals surface area (Å²) in [6, 6.07) is 0. The van der Waals surface area contributed by atoms with Crippen LogP contribution in [0.15, 0.2) is 16.9 Å². The summed E-state index contributed by atoms with van der Waals surface area (Å²) in [6.07, 6.45) is 3.48. The average molecular weight is 247 g/mol. The molecule has 13 heavy (non-hydrogen) atoms. The maximum Gasteiger partial charge on any atom is 0.238 e. The van der Waals surface area contributed by atoms with E-state index in [0.717, 1.165) is 4.47 Å². The third-order valence-corrected chi connectivity index (χ3v) is 2.06. The minimum absolute atomic E-state index is 0.184. The minimum Gasteiger partial charge on any atom is -0.294 e. The number of hydrazine groups is 1. The molecule has 0 saturated carbocycles. The molecule has 0 radical (unpaired) electrons. The first-order chi connectivity index (χ1) is 6.13. The number of carbonyl (C=O) groups excluding carboxylic acids is 1. The number of nitrogens with zero attached hydrogens (tertiary/aromatic N) is 2. The molecule has 1 heterocycles. The summed E-state index contributed by atoms with van der Waals surface area (Å²) in [5.74, 6) is 4.62. The lowest BCUT2D eigenvalue weighted by Gasteiger charge is -2.08. The molecular formula is C7H11BrN4O. The second kappa shape index (κ2) is 4.38. The van der Waals surface area contributed by atoms with Gasteiger partial charge in [0, 0.05) is 6.20 Å². The van der Waals surface area contributed by atoms with Crippen molar-refractivity contribution in [1.29, 1.82) is 0 Å². The molecule has 0 aliphatic carbocycles. The first-order valence-electron chi connectivity index (χ1n) is 3.82. The molecule has 0 aliphatic heterocycles. The number of hydrogen-bond acceptors (Lipinski definition) is 3. The van der Waals surface area contributed by atoms with Gasteiger partial charge in [-0.1, -0.05) is 6.92 Å². The first kappa shape index (κ1) is 10.2. The van der Waals surface area contributed by atoms with E-state index in [-0.39, 0.29) is 11.8 Å². The van der Waals surface area contributed by atoms with Gasteiger partial charge in [0.15, 0.2) is 0 Å². The Morgan fingerprint density at radius 2 is 2.62 bits per heavy atom. The molecule has 1 amide bonds. The molecule has 0 spiro atoms. The van der Waals surface area contributed by atoms with E-state index < -0.39 is 0 Å². The van der Waals surface area contributed by atoms with Crippen LogP contribution in [-0.4, -0.2) is 15.7 Å². The molecular weight excluding hydrogens is 236 g/mol. The van der Waals surface area contributed by atoms with E-state index in [9.17, 15) is 4.79 Å². The number of carbonyl (C=O) groups is 1. The lowest BCUT2D eigenvalue weighted by atomic mass is 10.2. The normalized spacial score (nSPS) is 12.5. The van der Waals surface area contributed by atoms with Crippen LogP contribution in [0.2, 0.25) is 0 Å². The lowest BCUT2D eigenvalue weighted by Crippen LogP contribution is -2.36. The van der Waals surface area contributed by atoms with Crippen LogP contribution in [-0.2, 0) is 11.3 Å². The van der Waals surface area contributed by atoms with Gasteiger partial charge in [0.2, 0.25) is 5.91 Å². The van der Waals surface area contributed by atoms with Crippen LogP contribution >= 0.6 is 15.9 Å². The van der Waals surface area contributed by atoms with E-state index in [1.807, 2.05) is 0 Å². The number of rotatable bonds is 3. The molecule has 0 fully saturated rings. The Bertz CT molecular complexity index is 298. The Balaban J connectivity index is 2.54. The monoisotopic (exact) mass is 246 g/mol. The quantitative estimate of drug-likeness (QED) is 0.457. The molecule has 1 atom stereocenters. The van der Waals surface area contributed by atoms with Gasteiger partial charge in [-0.15, -0.1) is 0 Å². The van der Waals surface area contributed by atoms with Crippen LogP contribution in [0, 0.1) is 5.92 Å². The maximum absolute atomic E-state index is 11.0.